The highest BCUT2D eigenvalue weighted by atomic mass is 32.1. The molecule has 0 unspecified atom stereocenters. The zero-order valence-electron chi connectivity index (χ0n) is 12.1. The van der Waals surface area contributed by atoms with Gasteiger partial charge in [-0.3, -0.25) is 9.69 Å². The zero-order chi connectivity index (χ0) is 15.4. The summed E-state index contributed by atoms with van der Waals surface area (Å²) in [6.45, 7) is 5.14. The van der Waals surface area contributed by atoms with Gasteiger partial charge < -0.3 is 10.6 Å². The first kappa shape index (κ1) is 15.9. The van der Waals surface area contributed by atoms with E-state index in [2.05, 4.69) is 4.90 Å². The van der Waals surface area contributed by atoms with Crippen LogP contribution in [0.4, 0.5) is 4.39 Å². The maximum absolute atomic E-state index is 14.3. The summed E-state index contributed by atoms with van der Waals surface area (Å²) < 4.78 is 14.3. The lowest BCUT2D eigenvalue weighted by Gasteiger charge is -2.21. The number of thiocarbonyl (C=S) groups is 1. The molecule has 1 aliphatic heterocycles. The standard InChI is InChI=1S/C15H20FN3OS/c1-11(20)19-7-3-6-18(8-9-19)10-12-4-2-5-13(14(12)16)15(17)21/h2,4-5H,3,6-10H2,1H3,(H2,17,21). The molecule has 1 aliphatic rings. The summed E-state index contributed by atoms with van der Waals surface area (Å²) >= 11 is 4.86. The van der Waals surface area contributed by atoms with Crippen LogP contribution in [0.5, 0.6) is 0 Å². The van der Waals surface area contributed by atoms with Crippen molar-refractivity contribution in [1.82, 2.24) is 9.80 Å². The van der Waals surface area contributed by atoms with Gasteiger partial charge in [0.05, 0.1) is 0 Å². The van der Waals surface area contributed by atoms with E-state index in [-0.39, 0.29) is 16.7 Å². The topological polar surface area (TPSA) is 49.6 Å². The second-order valence-corrected chi connectivity index (χ2v) is 5.72. The lowest BCUT2D eigenvalue weighted by Crippen LogP contribution is -2.33. The van der Waals surface area contributed by atoms with E-state index in [9.17, 15) is 9.18 Å². The molecule has 6 heteroatoms. The number of carbonyl (C=O) groups excluding carboxylic acids is 1. The number of hydrogen-bond acceptors (Lipinski definition) is 3. The summed E-state index contributed by atoms with van der Waals surface area (Å²) in [6, 6.07) is 5.12. The zero-order valence-corrected chi connectivity index (χ0v) is 13.0. The monoisotopic (exact) mass is 309 g/mol. The Morgan fingerprint density at radius 2 is 2.10 bits per heavy atom. The van der Waals surface area contributed by atoms with Crippen molar-refractivity contribution in [2.24, 2.45) is 5.73 Å². The number of nitrogens with two attached hydrogens (primary N) is 1. The fourth-order valence-electron chi connectivity index (χ4n) is 2.58. The number of rotatable bonds is 3. The number of nitrogens with zero attached hydrogens (tertiary/aromatic N) is 2. The van der Waals surface area contributed by atoms with Crippen LogP contribution in [0.1, 0.15) is 24.5 Å². The maximum atomic E-state index is 14.3. The lowest BCUT2D eigenvalue weighted by molar-refractivity contribution is -0.128. The van der Waals surface area contributed by atoms with Gasteiger partial charge in [0.25, 0.3) is 0 Å². The van der Waals surface area contributed by atoms with Gasteiger partial charge in [0.2, 0.25) is 5.91 Å². The Balaban J connectivity index is 2.07. The molecule has 1 amide bonds. The van der Waals surface area contributed by atoms with Gasteiger partial charge in [-0.1, -0.05) is 24.4 Å². The van der Waals surface area contributed by atoms with Gasteiger partial charge in [-0.05, 0) is 12.5 Å². The Hall–Kier alpha value is -1.53. The molecule has 21 heavy (non-hydrogen) atoms. The summed E-state index contributed by atoms with van der Waals surface area (Å²) in [7, 11) is 0. The molecule has 1 aromatic rings. The molecule has 2 rings (SSSR count). The fourth-order valence-corrected chi connectivity index (χ4v) is 2.73. The molecule has 1 heterocycles. The van der Waals surface area contributed by atoms with E-state index in [1.165, 1.54) is 0 Å². The van der Waals surface area contributed by atoms with Gasteiger partial charge >= 0.3 is 0 Å². The van der Waals surface area contributed by atoms with Crippen LogP contribution in [0.15, 0.2) is 18.2 Å². The molecule has 0 atom stereocenters. The molecule has 0 spiro atoms. The number of halogens is 1. The van der Waals surface area contributed by atoms with Crippen molar-refractivity contribution in [2.45, 2.75) is 19.9 Å². The predicted octanol–water partition coefficient (Wildman–Crippen LogP) is 1.51. The largest absolute Gasteiger partial charge is 0.389 e. The lowest BCUT2D eigenvalue weighted by atomic mass is 10.1. The highest BCUT2D eigenvalue weighted by Gasteiger charge is 2.18. The van der Waals surface area contributed by atoms with E-state index < -0.39 is 0 Å². The first-order valence-electron chi connectivity index (χ1n) is 7.04. The average Bonchev–Trinajstić information content (AvgIpc) is 2.66. The van der Waals surface area contributed by atoms with Crippen LogP contribution < -0.4 is 5.73 Å². The molecular formula is C15H20FN3OS. The fraction of sp³-hybridized carbons (Fsp3) is 0.467. The smallest absolute Gasteiger partial charge is 0.219 e. The van der Waals surface area contributed by atoms with Crippen molar-refractivity contribution in [3.8, 4) is 0 Å². The van der Waals surface area contributed by atoms with Crippen molar-refractivity contribution >= 4 is 23.1 Å². The van der Waals surface area contributed by atoms with Gasteiger partial charge in [0.1, 0.15) is 10.8 Å². The quantitative estimate of drug-likeness (QED) is 0.860. The van der Waals surface area contributed by atoms with Crippen molar-refractivity contribution in [2.75, 3.05) is 26.2 Å². The van der Waals surface area contributed by atoms with Gasteiger partial charge in [0, 0.05) is 50.8 Å². The second kappa shape index (κ2) is 6.95. The Kier molecular flexibility index (Phi) is 5.25. The highest BCUT2D eigenvalue weighted by Crippen LogP contribution is 2.16. The van der Waals surface area contributed by atoms with Crippen molar-refractivity contribution in [3.05, 3.63) is 35.1 Å². The molecule has 0 saturated carbocycles. The summed E-state index contributed by atoms with van der Waals surface area (Å²) in [5.74, 6) is -0.240. The SMILES string of the molecule is CC(=O)N1CCCN(Cc2cccc(C(N)=S)c2F)CC1. The van der Waals surface area contributed by atoms with Gasteiger partial charge in [0.15, 0.2) is 0 Å². The van der Waals surface area contributed by atoms with Gasteiger partial charge in [-0.15, -0.1) is 0 Å². The first-order valence-corrected chi connectivity index (χ1v) is 7.45. The third-order valence-electron chi connectivity index (χ3n) is 3.77. The minimum Gasteiger partial charge on any atom is -0.389 e. The van der Waals surface area contributed by atoms with Crippen molar-refractivity contribution in [1.29, 1.82) is 0 Å². The molecular weight excluding hydrogens is 289 g/mol. The Labute approximate surface area is 129 Å². The molecule has 0 aromatic heterocycles. The van der Waals surface area contributed by atoms with Crippen LogP contribution in [0.25, 0.3) is 0 Å². The molecule has 0 bridgehead atoms. The highest BCUT2D eigenvalue weighted by molar-refractivity contribution is 7.80. The van der Waals surface area contributed by atoms with E-state index >= 15 is 0 Å². The van der Waals surface area contributed by atoms with Crippen molar-refractivity contribution < 1.29 is 9.18 Å². The minimum atomic E-state index is -0.335. The minimum absolute atomic E-state index is 0.0768. The predicted molar refractivity (Wildman–Crippen MR) is 84.4 cm³/mol. The Morgan fingerprint density at radius 3 is 2.76 bits per heavy atom. The van der Waals surface area contributed by atoms with Gasteiger partial charge in [-0.25, -0.2) is 4.39 Å². The number of amides is 1. The van der Waals surface area contributed by atoms with E-state index in [1.54, 1.807) is 25.1 Å². The average molecular weight is 309 g/mol. The number of carbonyl (C=O) groups is 1. The van der Waals surface area contributed by atoms with E-state index in [0.29, 0.717) is 24.2 Å². The molecule has 1 saturated heterocycles. The van der Waals surface area contributed by atoms with Crippen LogP contribution in [-0.4, -0.2) is 46.9 Å². The Morgan fingerprint density at radius 1 is 1.33 bits per heavy atom. The molecule has 2 N–H and O–H groups in total. The molecule has 0 radical (unpaired) electrons. The second-order valence-electron chi connectivity index (χ2n) is 5.28. The summed E-state index contributed by atoms with van der Waals surface area (Å²) in [5, 5.41) is 0. The molecule has 114 valence electrons. The van der Waals surface area contributed by atoms with Crippen LogP contribution in [0.3, 0.4) is 0 Å². The third-order valence-corrected chi connectivity index (χ3v) is 3.99. The van der Waals surface area contributed by atoms with E-state index in [4.69, 9.17) is 18.0 Å². The first-order chi connectivity index (χ1) is 9.99. The molecule has 4 nitrogen and oxygen atoms in total. The summed E-state index contributed by atoms with van der Waals surface area (Å²) in [5.41, 5.74) is 6.42. The Bertz CT molecular complexity index is 550. The van der Waals surface area contributed by atoms with E-state index in [0.717, 1.165) is 26.1 Å². The third kappa shape index (κ3) is 3.98. The summed E-state index contributed by atoms with van der Waals surface area (Å²) in [4.78, 5) is 15.5. The van der Waals surface area contributed by atoms with Crippen LogP contribution in [-0.2, 0) is 11.3 Å². The number of hydrogen-bond donors (Lipinski definition) is 1. The molecule has 0 aliphatic carbocycles. The van der Waals surface area contributed by atoms with Crippen LogP contribution in [0.2, 0.25) is 0 Å². The van der Waals surface area contributed by atoms with Crippen LogP contribution >= 0.6 is 12.2 Å². The van der Waals surface area contributed by atoms with Crippen LogP contribution in [0, 0.1) is 5.82 Å². The van der Waals surface area contributed by atoms with Crippen molar-refractivity contribution in [3.63, 3.8) is 0 Å². The molecule has 1 fully saturated rings. The number of benzene rings is 1. The molecule has 1 aromatic carbocycles. The normalized spacial score (nSPS) is 16.6. The summed E-state index contributed by atoms with van der Waals surface area (Å²) in [6.07, 6.45) is 0.899. The van der Waals surface area contributed by atoms with E-state index in [1.807, 2.05) is 4.90 Å². The maximum Gasteiger partial charge on any atom is 0.219 e. The van der Waals surface area contributed by atoms with Gasteiger partial charge in [-0.2, -0.15) is 0 Å².